The smallest absolute Gasteiger partial charge is 0.293 e. The Morgan fingerprint density at radius 2 is 2.32 bits per heavy atom. The van der Waals surface area contributed by atoms with Crippen LogP contribution in [0.3, 0.4) is 0 Å². The summed E-state index contributed by atoms with van der Waals surface area (Å²) in [7, 11) is 0. The average molecular weight is 277 g/mol. The van der Waals surface area contributed by atoms with Crippen LogP contribution in [0.4, 0.5) is 5.82 Å². The van der Waals surface area contributed by atoms with Crippen LogP contribution in [0.5, 0.6) is 0 Å². The third kappa shape index (κ3) is 3.23. The summed E-state index contributed by atoms with van der Waals surface area (Å²) < 4.78 is 1.70. The first-order valence-corrected chi connectivity index (χ1v) is 7.49. The second-order valence-corrected chi connectivity index (χ2v) is 5.37. The second kappa shape index (κ2) is 6.52. The van der Waals surface area contributed by atoms with Crippen LogP contribution < -0.4 is 10.9 Å². The molecule has 0 saturated carbocycles. The van der Waals surface area contributed by atoms with Gasteiger partial charge >= 0.3 is 0 Å². The summed E-state index contributed by atoms with van der Waals surface area (Å²) in [6.45, 7) is 4.89. The molecule has 1 atom stereocenters. The summed E-state index contributed by atoms with van der Waals surface area (Å²) in [6, 6.07) is 4.26. The topological polar surface area (TPSA) is 46.9 Å². The molecule has 0 aromatic carbocycles. The van der Waals surface area contributed by atoms with Gasteiger partial charge in [0.2, 0.25) is 0 Å². The minimum absolute atomic E-state index is 0.0423. The lowest BCUT2D eigenvalue weighted by molar-refractivity contribution is 0.645. The highest BCUT2D eigenvalue weighted by Crippen LogP contribution is 2.24. The van der Waals surface area contributed by atoms with E-state index < -0.39 is 0 Å². The lowest BCUT2D eigenvalue weighted by Gasteiger charge is -2.16. The van der Waals surface area contributed by atoms with E-state index in [1.807, 2.05) is 11.4 Å². The van der Waals surface area contributed by atoms with Crippen LogP contribution >= 0.6 is 11.3 Å². The Labute approximate surface area is 117 Å². The fourth-order valence-corrected chi connectivity index (χ4v) is 2.85. The molecule has 0 fully saturated rings. The van der Waals surface area contributed by atoms with Crippen LogP contribution in [0.25, 0.3) is 0 Å². The molecule has 102 valence electrons. The Bertz CT molecular complexity index is 562. The number of hydrogen-bond donors (Lipinski definition) is 1. The molecule has 0 aliphatic heterocycles. The lowest BCUT2D eigenvalue weighted by Crippen LogP contribution is -2.25. The van der Waals surface area contributed by atoms with Crippen molar-refractivity contribution in [1.29, 1.82) is 0 Å². The highest BCUT2D eigenvalue weighted by atomic mass is 32.1. The number of nitrogens with one attached hydrogen (secondary N) is 1. The van der Waals surface area contributed by atoms with Gasteiger partial charge in [0.1, 0.15) is 0 Å². The number of aryl methyl sites for hydroxylation is 1. The molecule has 5 heteroatoms. The van der Waals surface area contributed by atoms with Crippen molar-refractivity contribution in [2.75, 3.05) is 5.32 Å². The first-order valence-electron chi connectivity index (χ1n) is 6.61. The van der Waals surface area contributed by atoms with Gasteiger partial charge in [0.25, 0.3) is 5.56 Å². The van der Waals surface area contributed by atoms with E-state index in [1.165, 1.54) is 4.88 Å². The van der Waals surface area contributed by atoms with Crippen LogP contribution in [0.1, 0.15) is 37.6 Å². The van der Waals surface area contributed by atoms with Crippen molar-refractivity contribution < 1.29 is 0 Å². The molecule has 0 radical (unpaired) electrons. The fraction of sp³-hybridized carbons (Fsp3) is 0.429. The van der Waals surface area contributed by atoms with Crippen LogP contribution in [0.2, 0.25) is 0 Å². The van der Waals surface area contributed by atoms with Gasteiger partial charge in [0, 0.05) is 23.8 Å². The van der Waals surface area contributed by atoms with Gasteiger partial charge in [0.15, 0.2) is 5.82 Å². The van der Waals surface area contributed by atoms with Crippen LogP contribution in [0.15, 0.2) is 34.7 Å². The molecular weight excluding hydrogens is 258 g/mol. The molecule has 0 bridgehead atoms. The Hall–Kier alpha value is -1.62. The average Bonchev–Trinajstić information content (AvgIpc) is 2.94. The standard InChI is InChI=1S/C14H19N3OS/c1-3-8-17-9-7-15-13(14(17)18)16-11(4-2)12-6-5-10-19-12/h5-7,9-11H,3-4,8H2,1-2H3,(H,15,16). The summed E-state index contributed by atoms with van der Waals surface area (Å²) in [5.41, 5.74) is -0.0423. The number of aromatic nitrogens is 2. The van der Waals surface area contributed by atoms with E-state index in [4.69, 9.17) is 0 Å². The van der Waals surface area contributed by atoms with Gasteiger partial charge in [0.05, 0.1) is 6.04 Å². The van der Waals surface area contributed by atoms with Crippen molar-refractivity contribution in [3.8, 4) is 0 Å². The number of nitrogens with zero attached hydrogens (tertiary/aromatic N) is 2. The summed E-state index contributed by atoms with van der Waals surface area (Å²) in [4.78, 5) is 17.6. The zero-order valence-corrected chi connectivity index (χ0v) is 12.1. The molecule has 2 aromatic rings. The predicted octanol–water partition coefficient (Wildman–Crippen LogP) is 3.28. The van der Waals surface area contributed by atoms with Crippen molar-refractivity contribution in [1.82, 2.24) is 9.55 Å². The summed E-state index contributed by atoms with van der Waals surface area (Å²) >= 11 is 1.70. The summed E-state index contributed by atoms with van der Waals surface area (Å²) in [5, 5.41) is 5.31. The molecular formula is C14H19N3OS. The molecule has 19 heavy (non-hydrogen) atoms. The van der Waals surface area contributed by atoms with Gasteiger partial charge in [-0.05, 0) is 24.3 Å². The molecule has 2 heterocycles. The van der Waals surface area contributed by atoms with E-state index in [0.717, 1.165) is 19.4 Å². The molecule has 0 spiro atoms. The number of anilines is 1. The number of rotatable bonds is 6. The van der Waals surface area contributed by atoms with Crippen molar-refractivity contribution in [2.24, 2.45) is 0 Å². The molecule has 2 aromatic heterocycles. The van der Waals surface area contributed by atoms with Crippen LogP contribution in [-0.2, 0) is 6.54 Å². The second-order valence-electron chi connectivity index (χ2n) is 4.39. The highest BCUT2D eigenvalue weighted by molar-refractivity contribution is 7.10. The van der Waals surface area contributed by atoms with E-state index in [1.54, 1.807) is 28.3 Å². The Morgan fingerprint density at radius 1 is 1.47 bits per heavy atom. The van der Waals surface area contributed by atoms with Crippen LogP contribution in [0, 0.1) is 0 Å². The van der Waals surface area contributed by atoms with E-state index >= 15 is 0 Å². The molecule has 1 N–H and O–H groups in total. The zero-order valence-electron chi connectivity index (χ0n) is 11.3. The summed E-state index contributed by atoms with van der Waals surface area (Å²) in [5.74, 6) is 0.441. The third-order valence-corrected chi connectivity index (χ3v) is 3.97. The Morgan fingerprint density at radius 3 is 2.95 bits per heavy atom. The van der Waals surface area contributed by atoms with Crippen molar-refractivity contribution in [3.05, 3.63) is 45.1 Å². The predicted molar refractivity (Wildman–Crippen MR) is 79.8 cm³/mol. The first kappa shape index (κ1) is 13.8. The Kier molecular flexibility index (Phi) is 4.74. The molecule has 2 rings (SSSR count). The maximum absolute atomic E-state index is 12.2. The summed E-state index contributed by atoms with van der Waals surface area (Å²) in [6.07, 6.45) is 5.28. The third-order valence-electron chi connectivity index (χ3n) is 2.98. The molecule has 1 unspecified atom stereocenters. The van der Waals surface area contributed by atoms with E-state index in [0.29, 0.717) is 5.82 Å². The van der Waals surface area contributed by atoms with Gasteiger partial charge in [-0.15, -0.1) is 11.3 Å². The molecule has 4 nitrogen and oxygen atoms in total. The highest BCUT2D eigenvalue weighted by Gasteiger charge is 2.13. The van der Waals surface area contributed by atoms with E-state index in [9.17, 15) is 4.79 Å². The first-order chi connectivity index (χ1) is 9.26. The molecule has 0 saturated heterocycles. The largest absolute Gasteiger partial charge is 0.358 e. The minimum Gasteiger partial charge on any atom is -0.358 e. The van der Waals surface area contributed by atoms with E-state index in [2.05, 4.69) is 30.2 Å². The van der Waals surface area contributed by atoms with Crippen molar-refractivity contribution in [3.63, 3.8) is 0 Å². The van der Waals surface area contributed by atoms with Gasteiger partial charge in [-0.25, -0.2) is 4.98 Å². The number of thiophene rings is 1. The molecule has 0 aliphatic carbocycles. The van der Waals surface area contributed by atoms with Crippen LogP contribution in [-0.4, -0.2) is 9.55 Å². The van der Waals surface area contributed by atoms with Gasteiger partial charge in [-0.3, -0.25) is 4.79 Å². The zero-order chi connectivity index (χ0) is 13.7. The molecule has 0 aliphatic rings. The monoisotopic (exact) mass is 277 g/mol. The Balaban J connectivity index is 2.23. The molecule has 0 amide bonds. The minimum atomic E-state index is -0.0423. The normalized spacial score (nSPS) is 12.3. The lowest BCUT2D eigenvalue weighted by atomic mass is 10.2. The van der Waals surface area contributed by atoms with Gasteiger partial charge < -0.3 is 9.88 Å². The van der Waals surface area contributed by atoms with Crippen molar-refractivity contribution in [2.45, 2.75) is 39.3 Å². The maximum atomic E-state index is 12.2. The van der Waals surface area contributed by atoms with E-state index in [-0.39, 0.29) is 11.6 Å². The SMILES string of the molecule is CCCn1ccnc(NC(CC)c2cccs2)c1=O. The fourth-order valence-electron chi connectivity index (χ4n) is 1.99. The van der Waals surface area contributed by atoms with Gasteiger partial charge in [-0.2, -0.15) is 0 Å². The quantitative estimate of drug-likeness (QED) is 0.881. The maximum Gasteiger partial charge on any atom is 0.293 e. The number of hydrogen-bond acceptors (Lipinski definition) is 4. The van der Waals surface area contributed by atoms with Gasteiger partial charge in [-0.1, -0.05) is 19.9 Å². The van der Waals surface area contributed by atoms with Crippen molar-refractivity contribution >= 4 is 17.2 Å².